The zero-order valence-electron chi connectivity index (χ0n) is 20.9. The molecule has 1 aliphatic rings. The van der Waals surface area contributed by atoms with Gasteiger partial charge in [0.15, 0.2) is 12.3 Å². The number of carbonyl (C=O) groups is 3. The first-order valence-corrected chi connectivity index (χ1v) is 12.8. The van der Waals surface area contributed by atoms with Crippen molar-refractivity contribution >= 4 is 40.0 Å². The van der Waals surface area contributed by atoms with Gasteiger partial charge in [-0.25, -0.2) is 9.78 Å². The normalized spacial score (nSPS) is 23.4. The highest BCUT2D eigenvalue weighted by Gasteiger charge is 2.47. The molecule has 0 spiro atoms. The van der Waals surface area contributed by atoms with Crippen LogP contribution in [0.1, 0.15) is 11.4 Å². The summed E-state index contributed by atoms with van der Waals surface area (Å²) < 4.78 is 12.6. The Morgan fingerprint density at radius 2 is 1.77 bits per heavy atom. The number of carboxylic acids is 2. The Labute approximate surface area is 230 Å². The molecule has 1 amide bonds. The number of ether oxygens (including phenoxy) is 2. The molecule has 4 rings (SSSR count). The average Bonchev–Trinajstić information content (AvgIpc) is 3.22. The topological polar surface area (TPSA) is 221 Å². The second-order valence-electron chi connectivity index (χ2n) is 9.06. The molecule has 6 atom stereocenters. The summed E-state index contributed by atoms with van der Waals surface area (Å²) >= 11 is 0.379. The third kappa shape index (κ3) is 6.46. The zero-order valence-corrected chi connectivity index (χ0v) is 21.8. The highest BCUT2D eigenvalue weighted by molar-refractivity contribution is 8.14. The van der Waals surface area contributed by atoms with Crippen molar-refractivity contribution in [1.29, 1.82) is 0 Å². The van der Waals surface area contributed by atoms with Crippen LogP contribution in [0.25, 0.3) is 11.0 Å². The molecule has 40 heavy (non-hydrogen) atoms. The van der Waals surface area contributed by atoms with E-state index in [0.29, 0.717) is 34.4 Å². The summed E-state index contributed by atoms with van der Waals surface area (Å²) in [6.45, 7) is 0.141. The number of nitrogens with zero attached hydrogens (tertiary/aromatic N) is 2. The van der Waals surface area contributed by atoms with Crippen LogP contribution in [-0.4, -0.2) is 93.3 Å². The van der Waals surface area contributed by atoms with Crippen molar-refractivity contribution in [1.82, 2.24) is 14.9 Å². The highest BCUT2D eigenvalue weighted by atomic mass is 32.2. The molecule has 1 fully saturated rings. The number of aryl methyl sites for hydroxylation is 1. The van der Waals surface area contributed by atoms with E-state index in [2.05, 4.69) is 10.3 Å². The number of aliphatic hydroxyl groups is 3. The molecule has 1 aliphatic heterocycles. The van der Waals surface area contributed by atoms with Crippen LogP contribution in [-0.2, 0) is 34.4 Å². The van der Waals surface area contributed by atoms with E-state index in [-0.39, 0.29) is 18.8 Å². The molecule has 0 bridgehead atoms. The first-order chi connectivity index (χ1) is 18.9. The number of carbonyl (C=O) groups excluding carboxylic acids is 1. The van der Waals surface area contributed by atoms with Crippen molar-refractivity contribution in [2.24, 2.45) is 7.05 Å². The van der Waals surface area contributed by atoms with Crippen LogP contribution in [0.5, 0.6) is 11.5 Å². The molecule has 0 radical (unpaired) electrons. The monoisotopic (exact) mass is 577 g/mol. The molecule has 2 aromatic carbocycles. The lowest BCUT2D eigenvalue weighted by Gasteiger charge is -2.38. The number of aliphatic hydroxyl groups excluding tert-OH is 3. The fourth-order valence-electron chi connectivity index (χ4n) is 4.10. The number of carboxylic acid groups (broad SMARTS) is 2. The van der Waals surface area contributed by atoms with Crippen LogP contribution in [0.2, 0.25) is 0 Å². The number of hydrogen-bond donors (Lipinski definition) is 7. The van der Waals surface area contributed by atoms with Gasteiger partial charge in [-0.15, -0.1) is 0 Å². The summed E-state index contributed by atoms with van der Waals surface area (Å²) in [5.74, 6) is -1.67. The fourth-order valence-corrected chi connectivity index (χ4v) is 4.92. The van der Waals surface area contributed by atoms with Crippen molar-refractivity contribution in [3.8, 4) is 11.5 Å². The van der Waals surface area contributed by atoms with Crippen molar-refractivity contribution in [2.75, 3.05) is 0 Å². The van der Waals surface area contributed by atoms with E-state index in [9.17, 15) is 39.9 Å². The molecule has 14 nitrogen and oxygen atoms in total. The Kier molecular flexibility index (Phi) is 8.80. The number of aromatic hydroxyl groups is 1. The third-order valence-electron chi connectivity index (χ3n) is 6.31. The lowest BCUT2D eigenvalue weighted by Crippen LogP contribution is -2.63. The lowest BCUT2D eigenvalue weighted by molar-refractivity contribution is -0.230. The van der Waals surface area contributed by atoms with E-state index in [1.165, 1.54) is 0 Å². The summed E-state index contributed by atoms with van der Waals surface area (Å²) in [6.07, 6.45) is -9.34. The summed E-state index contributed by atoms with van der Waals surface area (Å²) in [5, 5.41) is 58.0. The SMILES string of the molecule is Cn1c(COc2ccc(CC(SC(=O)N[C@@H]3O[C@H](C(=O)O)[C@@H](O)[C@H](O)[C@H]3O)C(=O)O)cc2)nc2ccc(O)cc21. The largest absolute Gasteiger partial charge is 0.508 e. The molecular weight excluding hydrogens is 550 g/mol. The predicted octanol–water partition coefficient (Wildman–Crippen LogP) is 0.189. The van der Waals surface area contributed by atoms with Crippen LogP contribution in [0.3, 0.4) is 0 Å². The summed E-state index contributed by atoms with van der Waals surface area (Å²) in [6, 6.07) is 11.4. The number of fused-ring (bicyclic) bond motifs is 1. The second kappa shape index (κ2) is 12.1. The number of aromatic nitrogens is 2. The van der Waals surface area contributed by atoms with Gasteiger partial charge < -0.3 is 50.0 Å². The van der Waals surface area contributed by atoms with Gasteiger partial charge in [-0.3, -0.25) is 9.59 Å². The molecular formula is C25H27N3O11S. The minimum absolute atomic E-state index is 0.0604. The Morgan fingerprint density at radius 3 is 2.42 bits per heavy atom. The molecule has 1 unspecified atom stereocenters. The molecule has 0 saturated carbocycles. The van der Waals surface area contributed by atoms with Gasteiger partial charge >= 0.3 is 11.9 Å². The Hall–Kier alpha value is -3.89. The van der Waals surface area contributed by atoms with E-state index in [0.717, 1.165) is 5.52 Å². The summed E-state index contributed by atoms with van der Waals surface area (Å²) in [5.41, 5.74) is 2.03. The lowest BCUT2D eigenvalue weighted by atomic mass is 9.98. The van der Waals surface area contributed by atoms with Gasteiger partial charge in [0.2, 0.25) is 0 Å². The maximum Gasteiger partial charge on any atom is 0.335 e. The number of rotatable bonds is 9. The van der Waals surface area contributed by atoms with Gasteiger partial charge in [-0.05, 0) is 48.0 Å². The molecule has 1 aromatic heterocycles. The number of hydrogen-bond acceptors (Lipinski definition) is 11. The van der Waals surface area contributed by atoms with Gasteiger partial charge in [-0.2, -0.15) is 0 Å². The van der Waals surface area contributed by atoms with Gasteiger partial charge in [0.05, 0.1) is 11.0 Å². The number of phenols is 1. The molecule has 0 aliphatic carbocycles. The molecule has 1 saturated heterocycles. The molecule has 214 valence electrons. The Balaban J connectivity index is 1.34. The van der Waals surface area contributed by atoms with E-state index in [1.807, 2.05) is 0 Å². The first-order valence-electron chi connectivity index (χ1n) is 11.9. The first kappa shape index (κ1) is 29.1. The maximum absolute atomic E-state index is 12.5. The number of imidazole rings is 1. The number of phenolic OH excluding ortho intramolecular Hbond substituents is 1. The fraction of sp³-hybridized carbons (Fsp3) is 0.360. The summed E-state index contributed by atoms with van der Waals surface area (Å²) in [7, 11) is 1.80. The maximum atomic E-state index is 12.5. The van der Waals surface area contributed by atoms with Crippen LogP contribution in [0.15, 0.2) is 42.5 Å². The highest BCUT2D eigenvalue weighted by Crippen LogP contribution is 2.25. The summed E-state index contributed by atoms with van der Waals surface area (Å²) in [4.78, 5) is 40.0. The molecule has 2 heterocycles. The van der Waals surface area contributed by atoms with E-state index >= 15 is 0 Å². The second-order valence-corrected chi connectivity index (χ2v) is 10.2. The molecule has 3 aromatic rings. The predicted molar refractivity (Wildman–Crippen MR) is 139 cm³/mol. The third-order valence-corrected chi connectivity index (χ3v) is 7.30. The van der Waals surface area contributed by atoms with E-state index in [1.54, 1.807) is 54.1 Å². The van der Waals surface area contributed by atoms with Gasteiger partial charge in [0.1, 0.15) is 47.5 Å². The van der Waals surface area contributed by atoms with Crippen LogP contribution >= 0.6 is 11.8 Å². The number of thioether (sulfide) groups is 1. The standard InChI is InChI=1S/C25H27N3O11S/c1-28-15-9-12(29)4-7-14(15)26-17(28)10-38-13-5-2-11(3-6-13)8-16(23(33)34)40-25(37)27-22-20(32)18(30)19(31)21(39-22)24(35)36/h2-7,9,16,18-22,29-32H,8,10H2,1H3,(H,27,37)(H,33,34)(H,35,36)/t16?,18-,19-,20+,21-,22+/m0/s1. The number of nitrogens with one attached hydrogen (secondary N) is 1. The van der Waals surface area contributed by atoms with Crippen molar-refractivity contribution in [3.63, 3.8) is 0 Å². The van der Waals surface area contributed by atoms with E-state index in [4.69, 9.17) is 14.6 Å². The number of aliphatic carboxylic acids is 2. The smallest absolute Gasteiger partial charge is 0.335 e. The van der Waals surface area contributed by atoms with Crippen LogP contribution in [0.4, 0.5) is 4.79 Å². The van der Waals surface area contributed by atoms with Crippen molar-refractivity contribution < 1.29 is 54.5 Å². The molecule has 7 N–H and O–H groups in total. The van der Waals surface area contributed by atoms with Crippen LogP contribution < -0.4 is 10.1 Å². The van der Waals surface area contributed by atoms with E-state index < -0.39 is 53.1 Å². The quantitative estimate of drug-likeness (QED) is 0.181. The van der Waals surface area contributed by atoms with Gasteiger partial charge in [0.25, 0.3) is 5.24 Å². The van der Waals surface area contributed by atoms with Gasteiger partial charge in [-0.1, -0.05) is 12.1 Å². The Morgan fingerprint density at radius 1 is 1.07 bits per heavy atom. The minimum Gasteiger partial charge on any atom is -0.508 e. The van der Waals surface area contributed by atoms with Crippen LogP contribution in [0, 0.1) is 0 Å². The van der Waals surface area contributed by atoms with Crippen molar-refractivity contribution in [3.05, 3.63) is 53.9 Å². The average molecular weight is 578 g/mol. The number of amides is 1. The Bertz CT molecular complexity index is 1400. The van der Waals surface area contributed by atoms with Gasteiger partial charge in [0, 0.05) is 13.1 Å². The number of benzene rings is 2. The minimum atomic E-state index is -1.93. The molecule has 15 heteroatoms. The van der Waals surface area contributed by atoms with Crippen molar-refractivity contribution in [2.45, 2.75) is 48.9 Å². The zero-order chi connectivity index (χ0) is 29.1.